The number of para-hydroxylation sites is 4. The Morgan fingerprint density at radius 1 is 1.04 bits per heavy atom. The van der Waals surface area contributed by atoms with Crippen molar-refractivity contribution in [1.29, 1.82) is 0 Å². The Kier molecular flexibility index (Phi) is 4.09. The Morgan fingerprint density at radius 3 is 2.38 bits per heavy atom. The van der Waals surface area contributed by atoms with Crippen molar-refractivity contribution in [2.45, 2.75) is 19.4 Å². The number of nitrogens with zero attached hydrogens (tertiary/aromatic N) is 2. The number of amides is 1. The van der Waals surface area contributed by atoms with E-state index in [1.54, 1.807) is 12.0 Å². The summed E-state index contributed by atoms with van der Waals surface area (Å²) in [4.78, 5) is 16.6. The van der Waals surface area contributed by atoms with Gasteiger partial charge in [0.1, 0.15) is 11.3 Å². The lowest BCUT2D eigenvalue weighted by Crippen LogP contribution is -2.60. The molecule has 0 unspecified atom stereocenters. The third-order valence-corrected chi connectivity index (χ3v) is 4.57. The van der Waals surface area contributed by atoms with Gasteiger partial charge in [0, 0.05) is 7.05 Å². The van der Waals surface area contributed by atoms with Gasteiger partial charge in [-0.05, 0) is 38.1 Å². The number of fused-ring (bicyclic) bond motifs is 1. The normalized spacial score (nSPS) is 15.9. The van der Waals surface area contributed by atoms with Gasteiger partial charge in [-0.15, -0.1) is 0 Å². The molecule has 3 rings (SSSR count). The summed E-state index contributed by atoms with van der Waals surface area (Å²) >= 11 is 0. The van der Waals surface area contributed by atoms with Gasteiger partial charge in [-0.25, -0.2) is 0 Å². The first-order chi connectivity index (χ1) is 11.5. The van der Waals surface area contributed by atoms with Crippen LogP contribution in [0.2, 0.25) is 0 Å². The van der Waals surface area contributed by atoms with Crippen LogP contribution in [0.25, 0.3) is 0 Å². The van der Waals surface area contributed by atoms with Crippen LogP contribution in [-0.4, -0.2) is 32.3 Å². The van der Waals surface area contributed by atoms with Gasteiger partial charge in [0.15, 0.2) is 0 Å². The molecule has 0 aliphatic carbocycles. The number of carbonyl (C=O) groups excluding carboxylic acids is 1. The maximum absolute atomic E-state index is 12.8. The fourth-order valence-electron chi connectivity index (χ4n) is 3.15. The average Bonchev–Trinajstić information content (AvgIpc) is 2.60. The minimum atomic E-state index is -0.641. The molecule has 24 heavy (non-hydrogen) atoms. The number of benzene rings is 2. The van der Waals surface area contributed by atoms with Crippen LogP contribution in [0.4, 0.5) is 17.1 Å². The maximum atomic E-state index is 12.8. The van der Waals surface area contributed by atoms with Crippen molar-refractivity contribution in [2.75, 3.05) is 35.9 Å². The zero-order valence-corrected chi connectivity index (χ0v) is 14.5. The number of nitrogens with one attached hydrogen (secondary N) is 1. The Hall–Kier alpha value is -2.69. The zero-order valence-electron chi connectivity index (χ0n) is 14.5. The van der Waals surface area contributed by atoms with Crippen molar-refractivity contribution < 1.29 is 9.53 Å². The number of hydrogen-bond donors (Lipinski definition) is 1. The van der Waals surface area contributed by atoms with Crippen LogP contribution in [0.15, 0.2) is 48.5 Å². The molecular formula is C19H23N3O2. The van der Waals surface area contributed by atoms with Crippen molar-refractivity contribution >= 4 is 23.0 Å². The topological polar surface area (TPSA) is 44.8 Å². The first-order valence-corrected chi connectivity index (χ1v) is 7.98. The fourth-order valence-corrected chi connectivity index (χ4v) is 3.15. The molecule has 5 heteroatoms. The Morgan fingerprint density at radius 2 is 1.67 bits per heavy atom. The fraction of sp³-hybridized carbons (Fsp3) is 0.316. The quantitative estimate of drug-likeness (QED) is 0.936. The maximum Gasteiger partial charge on any atom is 0.252 e. The van der Waals surface area contributed by atoms with E-state index in [0.29, 0.717) is 6.67 Å². The molecule has 0 atom stereocenters. The van der Waals surface area contributed by atoms with E-state index >= 15 is 0 Å². The van der Waals surface area contributed by atoms with Gasteiger partial charge >= 0.3 is 0 Å². The van der Waals surface area contributed by atoms with Gasteiger partial charge in [0.05, 0.1) is 30.8 Å². The first-order valence-electron chi connectivity index (χ1n) is 7.98. The molecule has 126 valence electrons. The second-order valence-electron chi connectivity index (χ2n) is 6.38. The van der Waals surface area contributed by atoms with Gasteiger partial charge in [-0.1, -0.05) is 24.3 Å². The molecule has 0 radical (unpaired) electrons. The lowest BCUT2D eigenvalue weighted by molar-refractivity contribution is -0.122. The van der Waals surface area contributed by atoms with E-state index in [1.165, 1.54) is 0 Å². The molecular weight excluding hydrogens is 302 g/mol. The average molecular weight is 325 g/mol. The molecule has 1 aliphatic rings. The SMILES string of the molecule is COc1ccccc1NCN1c2ccccc2N(C)C(=O)C1(C)C. The number of methoxy groups -OCH3 is 1. The second-order valence-corrected chi connectivity index (χ2v) is 6.38. The largest absolute Gasteiger partial charge is 0.495 e. The van der Waals surface area contributed by atoms with Crippen LogP contribution in [0.1, 0.15) is 13.8 Å². The van der Waals surface area contributed by atoms with E-state index < -0.39 is 5.54 Å². The number of hydrogen-bond acceptors (Lipinski definition) is 4. The summed E-state index contributed by atoms with van der Waals surface area (Å²) in [6.07, 6.45) is 0. The number of ether oxygens (including phenoxy) is 1. The number of likely N-dealkylation sites (N-methyl/N-ethyl adjacent to an activating group) is 1. The summed E-state index contributed by atoms with van der Waals surface area (Å²) < 4.78 is 5.39. The van der Waals surface area contributed by atoms with E-state index in [1.807, 2.05) is 69.4 Å². The molecule has 1 aliphatic heterocycles. The molecule has 0 spiro atoms. The van der Waals surface area contributed by atoms with Crippen molar-refractivity contribution in [1.82, 2.24) is 0 Å². The van der Waals surface area contributed by atoms with E-state index in [9.17, 15) is 4.79 Å². The molecule has 0 aromatic heterocycles. The lowest BCUT2D eigenvalue weighted by atomic mass is 9.95. The van der Waals surface area contributed by atoms with Gasteiger partial charge in [-0.2, -0.15) is 0 Å². The Bertz CT molecular complexity index is 758. The molecule has 5 nitrogen and oxygen atoms in total. The Balaban J connectivity index is 1.94. The summed E-state index contributed by atoms with van der Waals surface area (Å²) in [7, 11) is 3.48. The van der Waals surface area contributed by atoms with Gasteiger partial charge in [-0.3, -0.25) is 4.79 Å². The molecule has 0 saturated carbocycles. The highest BCUT2D eigenvalue weighted by atomic mass is 16.5. The molecule has 0 fully saturated rings. The molecule has 1 heterocycles. The lowest BCUT2D eigenvalue weighted by Gasteiger charge is -2.47. The third kappa shape index (κ3) is 2.56. The summed E-state index contributed by atoms with van der Waals surface area (Å²) in [6.45, 7) is 4.40. The predicted octanol–water partition coefficient (Wildman–Crippen LogP) is 3.33. The van der Waals surface area contributed by atoms with E-state index in [-0.39, 0.29) is 5.91 Å². The van der Waals surface area contributed by atoms with Crippen molar-refractivity contribution in [3.63, 3.8) is 0 Å². The monoisotopic (exact) mass is 325 g/mol. The third-order valence-electron chi connectivity index (χ3n) is 4.57. The van der Waals surface area contributed by atoms with Crippen LogP contribution in [0.5, 0.6) is 5.75 Å². The van der Waals surface area contributed by atoms with Crippen LogP contribution in [0, 0.1) is 0 Å². The van der Waals surface area contributed by atoms with E-state index in [2.05, 4.69) is 10.2 Å². The summed E-state index contributed by atoms with van der Waals surface area (Å²) in [5.74, 6) is 0.854. The molecule has 2 aromatic carbocycles. The van der Waals surface area contributed by atoms with Gasteiger partial charge in [0.2, 0.25) is 0 Å². The first kappa shape index (κ1) is 16.2. The summed E-state index contributed by atoms with van der Waals surface area (Å²) in [5.41, 5.74) is 2.22. The summed E-state index contributed by atoms with van der Waals surface area (Å²) in [6, 6.07) is 15.7. The van der Waals surface area contributed by atoms with Gasteiger partial charge < -0.3 is 19.9 Å². The zero-order chi connectivity index (χ0) is 17.3. The second kappa shape index (κ2) is 6.07. The number of anilines is 3. The standard InChI is InChI=1S/C19H23N3O2/c1-19(2)18(23)21(3)15-10-6-7-11-16(15)22(19)13-20-14-9-5-8-12-17(14)24-4/h5-12,20H,13H2,1-4H3. The summed E-state index contributed by atoms with van der Waals surface area (Å²) in [5, 5.41) is 3.40. The highest BCUT2D eigenvalue weighted by Crippen LogP contribution is 2.39. The highest BCUT2D eigenvalue weighted by molar-refractivity contribution is 6.07. The minimum absolute atomic E-state index is 0.0722. The Labute approximate surface area is 142 Å². The number of rotatable bonds is 4. The molecule has 1 N–H and O–H groups in total. The van der Waals surface area contributed by atoms with Crippen LogP contribution < -0.4 is 19.9 Å². The number of carbonyl (C=O) groups is 1. The highest BCUT2D eigenvalue weighted by Gasteiger charge is 2.42. The van der Waals surface area contributed by atoms with Crippen LogP contribution in [0.3, 0.4) is 0 Å². The van der Waals surface area contributed by atoms with Crippen LogP contribution >= 0.6 is 0 Å². The van der Waals surface area contributed by atoms with Crippen molar-refractivity contribution in [3.8, 4) is 5.75 Å². The predicted molar refractivity (Wildman–Crippen MR) is 97.9 cm³/mol. The molecule has 0 saturated heterocycles. The van der Waals surface area contributed by atoms with Crippen molar-refractivity contribution in [3.05, 3.63) is 48.5 Å². The minimum Gasteiger partial charge on any atom is -0.495 e. The smallest absolute Gasteiger partial charge is 0.252 e. The van der Waals surface area contributed by atoms with Crippen LogP contribution in [-0.2, 0) is 4.79 Å². The molecule has 0 bridgehead atoms. The van der Waals surface area contributed by atoms with Gasteiger partial charge in [0.25, 0.3) is 5.91 Å². The van der Waals surface area contributed by atoms with Crippen molar-refractivity contribution in [2.24, 2.45) is 0 Å². The van der Waals surface area contributed by atoms with E-state index in [0.717, 1.165) is 22.8 Å². The molecule has 2 aromatic rings. The van der Waals surface area contributed by atoms with E-state index in [4.69, 9.17) is 4.74 Å². The molecule has 1 amide bonds.